The summed E-state index contributed by atoms with van der Waals surface area (Å²) in [5, 5.41) is 13.6. The van der Waals surface area contributed by atoms with Crippen molar-refractivity contribution in [3.8, 4) is 0 Å². The van der Waals surface area contributed by atoms with E-state index in [1.807, 2.05) is 6.07 Å². The van der Waals surface area contributed by atoms with Crippen LogP contribution in [0.3, 0.4) is 0 Å². The van der Waals surface area contributed by atoms with Gasteiger partial charge in [0, 0.05) is 30.8 Å². The third-order valence-electron chi connectivity index (χ3n) is 4.82. The Morgan fingerprint density at radius 1 is 0.931 bits per heavy atom. The molecule has 2 aromatic rings. The quantitative estimate of drug-likeness (QED) is 0.475. The first-order chi connectivity index (χ1) is 14.0. The van der Waals surface area contributed by atoms with E-state index in [1.54, 1.807) is 47.4 Å². The lowest BCUT2D eigenvalue weighted by Gasteiger charge is -2.22. The fourth-order valence-electron chi connectivity index (χ4n) is 3.24. The molecule has 29 heavy (non-hydrogen) atoms. The molecule has 0 spiro atoms. The van der Waals surface area contributed by atoms with Crippen molar-refractivity contribution in [1.82, 2.24) is 10.2 Å². The zero-order valence-corrected chi connectivity index (χ0v) is 16.0. The van der Waals surface area contributed by atoms with Crippen LogP contribution in [-0.4, -0.2) is 34.7 Å². The molecule has 1 heterocycles. The molecule has 7 heteroatoms. The first kappa shape index (κ1) is 20.3. The number of non-ortho nitro benzene ring substituents is 1. The summed E-state index contributed by atoms with van der Waals surface area (Å²) in [5.74, 6) is -0.614. The van der Waals surface area contributed by atoms with E-state index in [1.165, 1.54) is 12.1 Å². The second kappa shape index (κ2) is 9.64. The van der Waals surface area contributed by atoms with Gasteiger partial charge in [-0.05, 0) is 48.7 Å². The molecule has 2 aromatic carbocycles. The zero-order valence-electron chi connectivity index (χ0n) is 16.0. The van der Waals surface area contributed by atoms with E-state index in [0.717, 1.165) is 25.7 Å². The number of hydrogen-bond acceptors (Lipinski definition) is 4. The average molecular weight is 393 g/mol. The minimum atomic E-state index is -0.478. The van der Waals surface area contributed by atoms with Crippen LogP contribution in [0, 0.1) is 10.1 Å². The SMILES string of the molecule is O=C(NC(=Cc1ccc([N+](=O)[O-])cc1)C(=O)N1CCCCCC1)c1ccccc1. The fraction of sp³-hybridized carbons (Fsp3) is 0.273. The third kappa shape index (κ3) is 5.51. The molecule has 0 radical (unpaired) electrons. The Kier molecular flexibility index (Phi) is 6.73. The Hall–Kier alpha value is -3.48. The van der Waals surface area contributed by atoms with Crippen molar-refractivity contribution in [2.45, 2.75) is 25.7 Å². The lowest BCUT2D eigenvalue weighted by molar-refractivity contribution is -0.384. The van der Waals surface area contributed by atoms with Gasteiger partial charge in [0.15, 0.2) is 0 Å². The predicted molar refractivity (Wildman–Crippen MR) is 110 cm³/mol. The van der Waals surface area contributed by atoms with Crippen molar-refractivity contribution < 1.29 is 14.5 Å². The number of benzene rings is 2. The van der Waals surface area contributed by atoms with Crippen molar-refractivity contribution in [3.63, 3.8) is 0 Å². The highest BCUT2D eigenvalue weighted by atomic mass is 16.6. The smallest absolute Gasteiger partial charge is 0.270 e. The summed E-state index contributed by atoms with van der Waals surface area (Å²) in [4.78, 5) is 37.9. The molecular weight excluding hydrogens is 370 g/mol. The maximum absolute atomic E-state index is 13.1. The van der Waals surface area contributed by atoms with Crippen LogP contribution in [0.5, 0.6) is 0 Å². The Labute approximate surface area is 169 Å². The number of nitro groups is 1. The molecule has 0 aliphatic carbocycles. The van der Waals surface area contributed by atoms with Crippen molar-refractivity contribution in [3.05, 3.63) is 81.5 Å². The van der Waals surface area contributed by atoms with Gasteiger partial charge in [-0.3, -0.25) is 19.7 Å². The minimum Gasteiger partial charge on any atom is -0.337 e. The molecule has 1 saturated heterocycles. The van der Waals surface area contributed by atoms with Gasteiger partial charge in [0.05, 0.1) is 4.92 Å². The van der Waals surface area contributed by atoms with E-state index in [0.29, 0.717) is 24.2 Å². The van der Waals surface area contributed by atoms with Crippen LogP contribution >= 0.6 is 0 Å². The summed E-state index contributed by atoms with van der Waals surface area (Å²) in [5.41, 5.74) is 1.18. The molecule has 0 atom stereocenters. The van der Waals surface area contributed by atoms with Crippen LogP contribution in [0.25, 0.3) is 6.08 Å². The molecule has 0 unspecified atom stereocenters. The van der Waals surface area contributed by atoms with E-state index in [4.69, 9.17) is 0 Å². The topological polar surface area (TPSA) is 92.5 Å². The number of carbonyl (C=O) groups excluding carboxylic acids is 2. The first-order valence-electron chi connectivity index (χ1n) is 9.66. The zero-order chi connectivity index (χ0) is 20.6. The van der Waals surface area contributed by atoms with Gasteiger partial charge < -0.3 is 10.2 Å². The van der Waals surface area contributed by atoms with Crippen molar-refractivity contribution in [1.29, 1.82) is 0 Å². The predicted octanol–water partition coefficient (Wildman–Crippen LogP) is 3.77. The highest BCUT2D eigenvalue weighted by molar-refractivity contribution is 6.05. The van der Waals surface area contributed by atoms with Crippen LogP contribution in [0.1, 0.15) is 41.6 Å². The molecule has 3 rings (SSSR count). The Bertz CT molecular complexity index is 899. The summed E-state index contributed by atoms with van der Waals surface area (Å²) in [6, 6.07) is 14.5. The van der Waals surface area contributed by atoms with Crippen molar-refractivity contribution in [2.75, 3.05) is 13.1 Å². The minimum absolute atomic E-state index is 0.0316. The van der Waals surface area contributed by atoms with E-state index < -0.39 is 4.92 Å². The highest BCUT2D eigenvalue weighted by Crippen LogP contribution is 2.17. The van der Waals surface area contributed by atoms with Crippen LogP contribution in [0.2, 0.25) is 0 Å². The Morgan fingerprint density at radius 3 is 2.14 bits per heavy atom. The van der Waals surface area contributed by atoms with Crippen LogP contribution < -0.4 is 5.32 Å². The molecule has 0 bridgehead atoms. The van der Waals surface area contributed by atoms with Crippen molar-refractivity contribution in [2.24, 2.45) is 0 Å². The maximum Gasteiger partial charge on any atom is 0.270 e. The van der Waals surface area contributed by atoms with Crippen molar-refractivity contribution >= 4 is 23.6 Å². The highest BCUT2D eigenvalue weighted by Gasteiger charge is 2.22. The van der Waals surface area contributed by atoms with E-state index in [9.17, 15) is 19.7 Å². The summed E-state index contributed by atoms with van der Waals surface area (Å²) in [6.45, 7) is 1.30. The normalized spacial score (nSPS) is 14.8. The van der Waals surface area contributed by atoms with E-state index in [2.05, 4.69) is 5.32 Å². The van der Waals surface area contributed by atoms with Crippen LogP contribution in [0.15, 0.2) is 60.3 Å². The Balaban J connectivity index is 1.88. The third-order valence-corrected chi connectivity index (χ3v) is 4.82. The van der Waals surface area contributed by atoms with Gasteiger partial charge in [0.2, 0.25) is 0 Å². The van der Waals surface area contributed by atoms with Crippen LogP contribution in [0.4, 0.5) is 5.69 Å². The van der Waals surface area contributed by atoms with Gasteiger partial charge in [0.25, 0.3) is 17.5 Å². The second-order valence-electron chi connectivity index (χ2n) is 6.93. The number of rotatable bonds is 5. The molecule has 1 aliphatic heterocycles. The van der Waals surface area contributed by atoms with Gasteiger partial charge >= 0.3 is 0 Å². The van der Waals surface area contributed by atoms with E-state index in [-0.39, 0.29) is 23.2 Å². The number of nitro benzene ring substituents is 1. The van der Waals surface area contributed by atoms with Gasteiger partial charge in [-0.2, -0.15) is 0 Å². The average Bonchev–Trinajstić information content (AvgIpc) is 3.03. The molecule has 150 valence electrons. The second-order valence-corrected chi connectivity index (χ2v) is 6.93. The monoisotopic (exact) mass is 393 g/mol. The molecule has 2 amide bonds. The van der Waals surface area contributed by atoms with Gasteiger partial charge in [0.1, 0.15) is 5.70 Å². The number of likely N-dealkylation sites (tertiary alicyclic amines) is 1. The lowest BCUT2D eigenvalue weighted by atomic mass is 10.1. The molecule has 7 nitrogen and oxygen atoms in total. The summed E-state index contributed by atoms with van der Waals surface area (Å²) in [6.07, 6.45) is 5.60. The summed E-state index contributed by atoms with van der Waals surface area (Å²) in [7, 11) is 0. The number of hydrogen-bond donors (Lipinski definition) is 1. The molecule has 1 N–H and O–H groups in total. The largest absolute Gasteiger partial charge is 0.337 e. The maximum atomic E-state index is 13.1. The molecule has 1 fully saturated rings. The van der Waals surface area contributed by atoms with Gasteiger partial charge in [-0.1, -0.05) is 31.0 Å². The number of amides is 2. The Morgan fingerprint density at radius 2 is 1.55 bits per heavy atom. The molecule has 0 saturated carbocycles. The molecule has 0 aromatic heterocycles. The number of nitrogens with zero attached hydrogens (tertiary/aromatic N) is 2. The molecular formula is C22H23N3O4. The van der Waals surface area contributed by atoms with E-state index >= 15 is 0 Å². The van der Waals surface area contributed by atoms with Crippen LogP contribution in [-0.2, 0) is 4.79 Å². The summed E-state index contributed by atoms with van der Waals surface area (Å²) < 4.78 is 0. The lowest BCUT2D eigenvalue weighted by Crippen LogP contribution is -2.39. The number of nitrogens with one attached hydrogen (secondary N) is 1. The van der Waals surface area contributed by atoms with Gasteiger partial charge in [-0.25, -0.2) is 0 Å². The first-order valence-corrected chi connectivity index (χ1v) is 9.66. The fourth-order valence-corrected chi connectivity index (χ4v) is 3.24. The summed E-state index contributed by atoms with van der Waals surface area (Å²) >= 11 is 0. The molecule has 1 aliphatic rings. The standard InChI is InChI=1S/C22H23N3O4/c26-21(18-8-4-3-5-9-18)23-20(22(27)24-14-6-1-2-7-15-24)16-17-10-12-19(13-11-17)25(28)29/h3-5,8-13,16H,1-2,6-7,14-15H2,(H,23,26). The number of carbonyl (C=O) groups is 2. The van der Waals surface area contributed by atoms with Gasteiger partial charge in [-0.15, -0.1) is 0 Å².